The average Bonchev–Trinajstić information content (AvgIpc) is 3.30. The molecule has 2 amide bonds. The van der Waals surface area contributed by atoms with E-state index < -0.39 is 0 Å². The molecule has 1 aromatic heterocycles. The lowest BCUT2D eigenvalue weighted by atomic mass is 10.2. The van der Waals surface area contributed by atoms with E-state index in [1.54, 1.807) is 74.0 Å². The molecule has 2 N–H and O–H groups in total. The van der Waals surface area contributed by atoms with Crippen molar-refractivity contribution in [3.63, 3.8) is 0 Å². The van der Waals surface area contributed by atoms with Crippen molar-refractivity contribution in [1.29, 1.82) is 0 Å². The number of anilines is 2. The van der Waals surface area contributed by atoms with Crippen LogP contribution in [-0.2, 0) is 17.9 Å². The topological polar surface area (TPSA) is 94.5 Å². The van der Waals surface area contributed by atoms with Crippen LogP contribution in [0.1, 0.15) is 15.9 Å². The van der Waals surface area contributed by atoms with Crippen molar-refractivity contribution in [2.24, 2.45) is 0 Å². The van der Waals surface area contributed by atoms with Crippen molar-refractivity contribution in [2.75, 3.05) is 17.7 Å². The fraction of sp³-hybridized carbons (Fsp3) is 0.115. The minimum atomic E-state index is -0.348. The Bertz CT molecular complexity index is 1300. The van der Waals surface area contributed by atoms with Crippen molar-refractivity contribution in [1.82, 2.24) is 9.78 Å². The van der Waals surface area contributed by atoms with Gasteiger partial charge in [0.05, 0.1) is 24.6 Å². The van der Waals surface area contributed by atoms with Gasteiger partial charge in [-0.2, -0.15) is 5.10 Å². The number of rotatable bonds is 9. The number of halogens is 1. The first-order chi connectivity index (χ1) is 17.0. The first-order valence-electron chi connectivity index (χ1n) is 10.7. The second-order valence-electron chi connectivity index (χ2n) is 7.57. The fourth-order valence-corrected chi connectivity index (χ4v) is 3.38. The SMILES string of the molecule is COc1ccc(NC(=O)Cn2cc(NC(=O)c3ccccc3OCc3ccc(Cl)cc3)cn2)cc1. The maximum atomic E-state index is 12.9. The summed E-state index contributed by atoms with van der Waals surface area (Å²) in [6, 6.07) is 21.3. The Balaban J connectivity index is 1.34. The van der Waals surface area contributed by atoms with Crippen LogP contribution in [0.5, 0.6) is 11.5 Å². The minimum Gasteiger partial charge on any atom is -0.497 e. The molecule has 0 unspecified atom stereocenters. The van der Waals surface area contributed by atoms with E-state index in [1.165, 1.54) is 10.9 Å². The van der Waals surface area contributed by atoms with Crippen LogP contribution < -0.4 is 20.1 Å². The van der Waals surface area contributed by atoms with Gasteiger partial charge >= 0.3 is 0 Å². The zero-order chi connectivity index (χ0) is 24.6. The van der Waals surface area contributed by atoms with Gasteiger partial charge in [0.15, 0.2) is 0 Å². The number of nitrogens with zero attached hydrogens (tertiary/aromatic N) is 2. The molecule has 1 heterocycles. The molecule has 8 nitrogen and oxygen atoms in total. The monoisotopic (exact) mass is 490 g/mol. The van der Waals surface area contributed by atoms with Crippen LogP contribution in [0.2, 0.25) is 5.02 Å². The Morgan fingerprint density at radius 2 is 1.69 bits per heavy atom. The number of nitrogens with one attached hydrogen (secondary N) is 2. The predicted octanol–water partition coefficient (Wildman–Crippen LogP) is 5.02. The van der Waals surface area contributed by atoms with Gasteiger partial charge in [-0.05, 0) is 54.1 Å². The second-order valence-corrected chi connectivity index (χ2v) is 8.01. The maximum absolute atomic E-state index is 12.9. The fourth-order valence-electron chi connectivity index (χ4n) is 3.26. The Labute approximate surface area is 207 Å². The van der Waals surface area contributed by atoms with E-state index in [0.717, 1.165) is 5.56 Å². The molecule has 0 aliphatic rings. The Kier molecular flexibility index (Phi) is 7.64. The molecule has 0 atom stereocenters. The van der Waals surface area contributed by atoms with Crippen LogP contribution in [0.15, 0.2) is 85.2 Å². The quantitative estimate of drug-likeness (QED) is 0.344. The molecule has 0 bridgehead atoms. The van der Waals surface area contributed by atoms with E-state index in [9.17, 15) is 9.59 Å². The van der Waals surface area contributed by atoms with Gasteiger partial charge in [-0.1, -0.05) is 35.9 Å². The molecule has 4 rings (SSSR count). The third kappa shape index (κ3) is 6.61. The highest BCUT2D eigenvalue weighted by molar-refractivity contribution is 6.30. The smallest absolute Gasteiger partial charge is 0.259 e. The maximum Gasteiger partial charge on any atom is 0.259 e. The number of hydrogen-bond donors (Lipinski definition) is 2. The summed E-state index contributed by atoms with van der Waals surface area (Å²) >= 11 is 5.92. The van der Waals surface area contributed by atoms with Gasteiger partial charge in [-0.3, -0.25) is 14.3 Å². The number of carbonyl (C=O) groups is 2. The molecule has 35 heavy (non-hydrogen) atoms. The van der Waals surface area contributed by atoms with Crippen LogP contribution in [0.25, 0.3) is 0 Å². The number of carbonyl (C=O) groups excluding carboxylic acids is 2. The summed E-state index contributed by atoms with van der Waals surface area (Å²) in [5.41, 5.74) is 2.41. The third-order valence-electron chi connectivity index (χ3n) is 5.01. The second kappa shape index (κ2) is 11.2. The lowest BCUT2D eigenvalue weighted by Crippen LogP contribution is -2.19. The van der Waals surface area contributed by atoms with Crippen molar-refractivity contribution >= 4 is 34.8 Å². The molecule has 0 aliphatic heterocycles. The summed E-state index contributed by atoms with van der Waals surface area (Å²) in [7, 11) is 1.58. The lowest BCUT2D eigenvalue weighted by Gasteiger charge is -2.11. The zero-order valence-electron chi connectivity index (χ0n) is 18.9. The van der Waals surface area contributed by atoms with Crippen molar-refractivity contribution in [2.45, 2.75) is 13.2 Å². The molecule has 0 radical (unpaired) electrons. The summed E-state index contributed by atoms with van der Waals surface area (Å²) in [5, 5.41) is 10.4. The molecule has 0 aliphatic carbocycles. The number of aromatic nitrogens is 2. The van der Waals surface area contributed by atoms with Crippen LogP contribution >= 0.6 is 11.6 Å². The molecular weight excluding hydrogens is 468 g/mol. The van der Waals surface area contributed by atoms with E-state index in [2.05, 4.69) is 15.7 Å². The zero-order valence-corrected chi connectivity index (χ0v) is 19.7. The van der Waals surface area contributed by atoms with Crippen LogP contribution in [0, 0.1) is 0 Å². The average molecular weight is 491 g/mol. The normalized spacial score (nSPS) is 10.5. The lowest BCUT2D eigenvalue weighted by molar-refractivity contribution is -0.116. The van der Waals surface area contributed by atoms with Gasteiger partial charge in [0.25, 0.3) is 5.91 Å². The molecule has 178 valence electrons. The number of benzene rings is 3. The summed E-state index contributed by atoms with van der Waals surface area (Å²) in [4.78, 5) is 25.2. The molecule has 0 saturated heterocycles. The predicted molar refractivity (Wildman–Crippen MR) is 134 cm³/mol. The highest BCUT2D eigenvalue weighted by Crippen LogP contribution is 2.22. The first-order valence-corrected chi connectivity index (χ1v) is 11.1. The Hall–Kier alpha value is -4.30. The molecule has 0 fully saturated rings. The van der Waals surface area contributed by atoms with E-state index in [4.69, 9.17) is 21.1 Å². The van der Waals surface area contributed by atoms with Crippen molar-refractivity contribution in [3.8, 4) is 11.5 Å². The summed E-state index contributed by atoms with van der Waals surface area (Å²) in [6.07, 6.45) is 3.07. The third-order valence-corrected chi connectivity index (χ3v) is 5.26. The number of amides is 2. The van der Waals surface area contributed by atoms with E-state index in [-0.39, 0.29) is 18.4 Å². The van der Waals surface area contributed by atoms with Gasteiger partial charge in [-0.25, -0.2) is 0 Å². The number of methoxy groups -OCH3 is 1. The van der Waals surface area contributed by atoms with E-state index in [0.29, 0.717) is 40.1 Å². The molecule has 0 spiro atoms. The summed E-state index contributed by atoms with van der Waals surface area (Å²) in [6.45, 7) is 0.283. The van der Waals surface area contributed by atoms with Crippen LogP contribution in [0.4, 0.5) is 11.4 Å². The van der Waals surface area contributed by atoms with Gasteiger partial charge in [0.2, 0.25) is 5.91 Å². The van der Waals surface area contributed by atoms with Crippen LogP contribution in [0.3, 0.4) is 0 Å². The molecule has 4 aromatic rings. The van der Waals surface area contributed by atoms with E-state index >= 15 is 0 Å². The summed E-state index contributed by atoms with van der Waals surface area (Å²) in [5.74, 6) is 0.551. The first kappa shape index (κ1) is 23.8. The molecule has 0 saturated carbocycles. The largest absolute Gasteiger partial charge is 0.497 e. The van der Waals surface area contributed by atoms with Gasteiger partial charge in [0.1, 0.15) is 24.7 Å². The van der Waals surface area contributed by atoms with Gasteiger partial charge in [0, 0.05) is 16.9 Å². The summed E-state index contributed by atoms with van der Waals surface area (Å²) < 4.78 is 12.4. The van der Waals surface area contributed by atoms with Gasteiger partial charge in [-0.15, -0.1) is 0 Å². The molecular formula is C26H23ClN4O4. The molecule has 3 aromatic carbocycles. The molecule has 9 heteroatoms. The van der Waals surface area contributed by atoms with Gasteiger partial charge < -0.3 is 20.1 Å². The number of para-hydroxylation sites is 1. The number of ether oxygens (including phenoxy) is 2. The number of hydrogen-bond acceptors (Lipinski definition) is 5. The van der Waals surface area contributed by atoms with Crippen molar-refractivity contribution in [3.05, 3.63) is 101 Å². The van der Waals surface area contributed by atoms with E-state index in [1.807, 2.05) is 12.1 Å². The Morgan fingerprint density at radius 1 is 0.943 bits per heavy atom. The highest BCUT2D eigenvalue weighted by Gasteiger charge is 2.14. The van der Waals surface area contributed by atoms with Crippen LogP contribution in [-0.4, -0.2) is 28.7 Å². The highest BCUT2D eigenvalue weighted by atomic mass is 35.5. The van der Waals surface area contributed by atoms with Crippen molar-refractivity contribution < 1.29 is 19.1 Å². The minimum absolute atomic E-state index is 0.0112. The standard InChI is InChI=1S/C26H23ClN4O4/c1-34-22-12-10-20(11-13-22)29-25(32)16-31-15-21(14-28-31)30-26(33)23-4-2-3-5-24(23)35-17-18-6-8-19(27)9-7-18/h2-15H,16-17H2,1H3,(H,29,32)(H,30,33). The Morgan fingerprint density at radius 3 is 2.43 bits per heavy atom.